The van der Waals surface area contributed by atoms with Crippen LogP contribution in [-0.4, -0.2) is 32.8 Å². The van der Waals surface area contributed by atoms with E-state index >= 15 is 0 Å². The van der Waals surface area contributed by atoms with Crippen molar-refractivity contribution < 1.29 is 9.32 Å². The highest BCUT2D eigenvalue weighted by molar-refractivity contribution is 5.94. The molecule has 7 nitrogen and oxygen atoms in total. The van der Waals surface area contributed by atoms with Gasteiger partial charge in [-0.2, -0.15) is 5.10 Å². The number of nitrogens with one attached hydrogen (secondary N) is 1. The normalized spacial score (nSPS) is 12.1. The molecule has 4 rings (SSSR count). The van der Waals surface area contributed by atoms with Crippen molar-refractivity contribution in [1.82, 2.24) is 19.8 Å². The van der Waals surface area contributed by atoms with Crippen LogP contribution in [0.15, 0.2) is 83.6 Å². The van der Waals surface area contributed by atoms with Gasteiger partial charge in [-0.1, -0.05) is 53.7 Å². The van der Waals surface area contributed by atoms with Gasteiger partial charge < -0.3 is 9.84 Å². The Labute approximate surface area is 174 Å². The van der Waals surface area contributed by atoms with Gasteiger partial charge in [-0.25, -0.2) is 4.68 Å². The summed E-state index contributed by atoms with van der Waals surface area (Å²) in [5, 5.41) is 11.2. The maximum Gasteiger partial charge on any atom is 0.247 e. The summed E-state index contributed by atoms with van der Waals surface area (Å²) >= 11 is 0. The molecule has 0 aliphatic carbocycles. The van der Waals surface area contributed by atoms with Crippen LogP contribution in [0.4, 0.5) is 5.82 Å². The van der Waals surface area contributed by atoms with Crippen LogP contribution in [0.5, 0.6) is 0 Å². The highest BCUT2D eigenvalue weighted by atomic mass is 16.5. The summed E-state index contributed by atoms with van der Waals surface area (Å²) < 4.78 is 6.89. The van der Waals surface area contributed by atoms with Gasteiger partial charge in [0, 0.05) is 24.4 Å². The number of hydrogen-bond acceptors (Lipinski definition) is 5. The fourth-order valence-corrected chi connectivity index (χ4v) is 3.40. The highest BCUT2D eigenvalue weighted by Crippen LogP contribution is 2.23. The molecule has 0 spiro atoms. The molecule has 0 radical (unpaired) electrons. The van der Waals surface area contributed by atoms with Crippen LogP contribution in [0.3, 0.4) is 0 Å². The molecule has 1 amide bonds. The first-order valence-corrected chi connectivity index (χ1v) is 9.68. The van der Waals surface area contributed by atoms with Crippen molar-refractivity contribution in [2.45, 2.75) is 19.5 Å². The third-order valence-electron chi connectivity index (χ3n) is 4.77. The quantitative estimate of drug-likeness (QED) is 0.507. The average molecular weight is 401 g/mol. The summed E-state index contributed by atoms with van der Waals surface area (Å²) in [5.41, 5.74) is 2.89. The van der Waals surface area contributed by atoms with Crippen molar-refractivity contribution in [2.24, 2.45) is 0 Å². The van der Waals surface area contributed by atoms with Gasteiger partial charge >= 0.3 is 0 Å². The Morgan fingerprint density at radius 1 is 1.13 bits per heavy atom. The number of carbonyl (C=O) groups excluding carboxylic acids is 1. The lowest BCUT2D eigenvalue weighted by molar-refractivity contribution is -0.121. The fourth-order valence-electron chi connectivity index (χ4n) is 3.40. The summed E-state index contributed by atoms with van der Waals surface area (Å²) in [6.07, 6.45) is 3.80. The first-order chi connectivity index (χ1) is 14.6. The molecular formula is C23H23N5O2. The Hall–Kier alpha value is -3.71. The summed E-state index contributed by atoms with van der Waals surface area (Å²) in [4.78, 5) is 15.1. The number of anilines is 1. The molecule has 7 heteroatoms. The second-order valence-corrected chi connectivity index (χ2v) is 7.17. The Balaban J connectivity index is 1.54. The van der Waals surface area contributed by atoms with E-state index in [1.165, 1.54) is 0 Å². The standard InChI is InChI=1S/C23H23N5O2/c1-17-13-21(26-30-17)25-23(29)22(19-9-5-3-6-10-19)27(2)15-18-14-24-28(16-18)20-11-7-4-8-12-20/h3-14,16,22H,15H2,1-2H3,(H,25,26,29). The zero-order chi connectivity index (χ0) is 20.9. The molecule has 0 bridgehead atoms. The molecular weight excluding hydrogens is 378 g/mol. The van der Waals surface area contributed by atoms with E-state index in [-0.39, 0.29) is 5.91 Å². The Morgan fingerprint density at radius 3 is 2.50 bits per heavy atom. The zero-order valence-electron chi connectivity index (χ0n) is 16.9. The third-order valence-corrected chi connectivity index (χ3v) is 4.77. The molecule has 0 saturated carbocycles. The lowest BCUT2D eigenvalue weighted by atomic mass is 10.0. The number of para-hydroxylation sites is 1. The van der Waals surface area contributed by atoms with E-state index in [4.69, 9.17) is 4.52 Å². The minimum absolute atomic E-state index is 0.174. The largest absolute Gasteiger partial charge is 0.360 e. The predicted molar refractivity (Wildman–Crippen MR) is 114 cm³/mol. The topological polar surface area (TPSA) is 76.2 Å². The zero-order valence-corrected chi connectivity index (χ0v) is 16.9. The second-order valence-electron chi connectivity index (χ2n) is 7.17. The van der Waals surface area contributed by atoms with E-state index in [0.29, 0.717) is 18.1 Å². The Morgan fingerprint density at radius 2 is 1.83 bits per heavy atom. The molecule has 0 fully saturated rings. The first-order valence-electron chi connectivity index (χ1n) is 9.68. The molecule has 0 aliphatic heterocycles. The van der Waals surface area contributed by atoms with Gasteiger partial charge in [0.1, 0.15) is 11.8 Å². The van der Waals surface area contributed by atoms with Crippen molar-refractivity contribution in [3.63, 3.8) is 0 Å². The van der Waals surface area contributed by atoms with E-state index in [1.54, 1.807) is 13.0 Å². The summed E-state index contributed by atoms with van der Waals surface area (Å²) in [7, 11) is 1.92. The van der Waals surface area contributed by atoms with E-state index in [2.05, 4.69) is 15.6 Å². The highest BCUT2D eigenvalue weighted by Gasteiger charge is 2.26. The second kappa shape index (κ2) is 8.75. The molecule has 152 valence electrons. The third kappa shape index (κ3) is 4.47. The molecule has 1 N–H and O–H groups in total. The Kier molecular flexibility index (Phi) is 5.72. The number of aryl methyl sites for hydroxylation is 1. The van der Waals surface area contributed by atoms with Crippen molar-refractivity contribution in [3.8, 4) is 5.69 Å². The molecule has 0 saturated heterocycles. The van der Waals surface area contributed by atoms with Crippen LogP contribution in [-0.2, 0) is 11.3 Å². The van der Waals surface area contributed by atoms with E-state index in [9.17, 15) is 4.79 Å². The van der Waals surface area contributed by atoms with E-state index < -0.39 is 6.04 Å². The first kappa shape index (κ1) is 19.6. The molecule has 2 heterocycles. The number of amides is 1. The van der Waals surface area contributed by atoms with Crippen molar-refractivity contribution >= 4 is 11.7 Å². The molecule has 0 aliphatic rings. The minimum atomic E-state index is -0.497. The number of likely N-dealkylation sites (N-methyl/N-ethyl adjacent to an activating group) is 1. The number of carbonyl (C=O) groups is 1. The maximum absolute atomic E-state index is 13.1. The van der Waals surface area contributed by atoms with E-state index in [1.807, 2.05) is 89.7 Å². The van der Waals surface area contributed by atoms with Gasteiger partial charge in [-0.05, 0) is 31.7 Å². The lowest BCUT2D eigenvalue weighted by Crippen LogP contribution is -2.34. The van der Waals surface area contributed by atoms with Gasteiger partial charge in [-0.15, -0.1) is 0 Å². The van der Waals surface area contributed by atoms with Crippen molar-refractivity contribution in [2.75, 3.05) is 12.4 Å². The number of aromatic nitrogens is 3. The van der Waals surface area contributed by atoms with Crippen molar-refractivity contribution in [1.29, 1.82) is 0 Å². The monoisotopic (exact) mass is 401 g/mol. The fraction of sp³-hybridized carbons (Fsp3) is 0.174. The molecule has 4 aromatic rings. The molecule has 30 heavy (non-hydrogen) atoms. The summed E-state index contributed by atoms with van der Waals surface area (Å²) in [6, 6.07) is 20.8. The van der Waals surface area contributed by atoms with Crippen LogP contribution in [0.2, 0.25) is 0 Å². The van der Waals surface area contributed by atoms with Gasteiger partial charge in [0.05, 0.1) is 11.9 Å². The van der Waals surface area contributed by atoms with Gasteiger partial charge in [0.25, 0.3) is 0 Å². The van der Waals surface area contributed by atoms with Crippen LogP contribution in [0, 0.1) is 6.92 Å². The summed E-state index contributed by atoms with van der Waals surface area (Å²) in [6.45, 7) is 2.34. The minimum Gasteiger partial charge on any atom is -0.360 e. The van der Waals surface area contributed by atoms with E-state index in [0.717, 1.165) is 16.8 Å². The molecule has 2 aromatic heterocycles. The van der Waals surface area contributed by atoms with Crippen LogP contribution >= 0.6 is 0 Å². The number of nitrogens with zero attached hydrogens (tertiary/aromatic N) is 4. The van der Waals surface area contributed by atoms with Gasteiger partial charge in [-0.3, -0.25) is 9.69 Å². The van der Waals surface area contributed by atoms with Gasteiger partial charge in [0.2, 0.25) is 5.91 Å². The van der Waals surface area contributed by atoms with Crippen LogP contribution in [0.1, 0.15) is 22.9 Å². The molecule has 1 atom stereocenters. The van der Waals surface area contributed by atoms with Crippen LogP contribution in [0.25, 0.3) is 5.69 Å². The number of benzene rings is 2. The SMILES string of the molecule is Cc1cc(NC(=O)C(c2ccccc2)N(C)Cc2cnn(-c3ccccc3)c2)no1. The molecule has 2 aromatic carbocycles. The average Bonchev–Trinajstić information content (AvgIpc) is 3.38. The van der Waals surface area contributed by atoms with Crippen molar-refractivity contribution in [3.05, 3.63) is 96.0 Å². The van der Waals surface area contributed by atoms with Crippen LogP contribution < -0.4 is 5.32 Å². The predicted octanol–water partition coefficient (Wildman–Crippen LogP) is 3.98. The number of hydrogen-bond donors (Lipinski definition) is 1. The smallest absolute Gasteiger partial charge is 0.247 e. The summed E-state index contributed by atoms with van der Waals surface area (Å²) in [5.74, 6) is 0.874. The van der Waals surface area contributed by atoms with Gasteiger partial charge in [0.15, 0.2) is 5.82 Å². The number of rotatable bonds is 7. The Bertz CT molecular complexity index is 1100. The molecule has 1 unspecified atom stereocenters. The maximum atomic E-state index is 13.1. The lowest BCUT2D eigenvalue weighted by Gasteiger charge is -2.26.